The number of ether oxygens (including phenoxy) is 3. The lowest BCUT2D eigenvalue weighted by atomic mass is 10.0. The molecule has 0 N–H and O–H groups in total. The van der Waals surface area contributed by atoms with Crippen LogP contribution in [0.2, 0.25) is 0 Å². The average molecular weight is 928 g/mol. The summed E-state index contributed by atoms with van der Waals surface area (Å²) in [6.45, 7) is 6.55. The molecule has 0 saturated heterocycles. The molecule has 0 amide bonds. The van der Waals surface area contributed by atoms with Crippen LogP contribution in [-0.4, -0.2) is 37.2 Å². The van der Waals surface area contributed by atoms with E-state index < -0.39 is 6.10 Å². The average Bonchev–Trinajstić information content (AvgIpc) is 3.31. The van der Waals surface area contributed by atoms with Gasteiger partial charge in [0.05, 0.1) is 0 Å². The molecule has 0 aliphatic rings. The van der Waals surface area contributed by atoms with Crippen LogP contribution < -0.4 is 0 Å². The number of hydrogen-bond acceptors (Lipinski definition) is 6. The van der Waals surface area contributed by atoms with E-state index in [0.717, 1.165) is 77.0 Å². The van der Waals surface area contributed by atoms with Crippen molar-refractivity contribution >= 4 is 17.9 Å². The molecule has 0 radical (unpaired) electrons. The molecule has 0 aromatic heterocycles. The van der Waals surface area contributed by atoms with Crippen molar-refractivity contribution in [1.29, 1.82) is 0 Å². The predicted molar refractivity (Wildman–Crippen MR) is 284 cm³/mol. The molecular weight excluding hydrogens is 817 g/mol. The molecule has 0 aromatic rings. The molecule has 0 bridgehead atoms. The Labute approximate surface area is 410 Å². The van der Waals surface area contributed by atoms with Crippen molar-refractivity contribution in [3.8, 4) is 0 Å². The Morgan fingerprint density at radius 2 is 0.545 bits per heavy atom. The lowest BCUT2D eigenvalue weighted by Gasteiger charge is -2.18. The third-order valence-corrected chi connectivity index (χ3v) is 12.9. The summed E-state index contributed by atoms with van der Waals surface area (Å²) in [5, 5.41) is 0. The molecule has 0 fully saturated rings. The Morgan fingerprint density at radius 3 is 0.848 bits per heavy atom. The summed E-state index contributed by atoms with van der Waals surface area (Å²) in [7, 11) is 0. The summed E-state index contributed by atoms with van der Waals surface area (Å²) in [6, 6.07) is 0. The highest BCUT2D eigenvalue weighted by Crippen LogP contribution is 2.17. The van der Waals surface area contributed by atoms with Crippen LogP contribution in [0.5, 0.6) is 0 Å². The number of unbranched alkanes of at least 4 members (excludes halogenated alkanes) is 36. The van der Waals surface area contributed by atoms with Gasteiger partial charge in [-0.05, 0) is 57.8 Å². The van der Waals surface area contributed by atoms with E-state index in [1.54, 1.807) is 0 Å². The maximum atomic E-state index is 12.7. The summed E-state index contributed by atoms with van der Waals surface area (Å²) >= 11 is 0. The first kappa shape index (κ1) is 63.6. The Kier molecular flexibility index (Phi) is 53.2. The minimum Gasteiger partial charge on any atom is -0.462 e. The molecule has 0 heterocycles. The highest BCUT2D eigenvalue weighted by atomic mass is 16.6. The fourth-order valence-electron chi connectivity index (χ4n) is 8.51. The molecule has 6 nitrogen and oxygen atoms in total. The van der Waals surface area contributed by atoms with Gasteiger partial charge in [-0.3, -0.25) is 14.4 Å². The first-order valence-corrected chi connectivity index (χ1v) is 29.0. The largest absolute Gasteiger partial charge is 0.462 e. The minimum absolute atomic E-state index is 0.0675. The van der Waals surface area contributed by atoms with Gasteiger partial charge in [-0.2, -0.15) is 0 Å². The number of allylic oxidation sites excluding steroid dienone is 6. The molecule has 386 valence electrons. The maximum Gasteiger partial charge on any atom is 0.306 e. The second kappa shape index (κ2) is 55.2. The molecule has 0 spiro atoms. The summed E-state index contributed by atoms with van der Waals surface area (Å²) in [5.41, 5.74) is 0. The molecule has 6 heteroatoms. The van der Waals surface area contributed by atoms with Crippen LogP contribution in [0.3, 0.4) is 0 Å². The second-order valence-corrected chi connectivity index (χ2v) is 19.6. The van der Waals surface area contributed by atoms with Gasteiger partial charge in [0, 0.05) is 19.3 Å². The van der Waals surface area contributed by atoms with E-state index in [1.165, 1.54) is 193 Å². The summed E-state index contributed by atoms with van der Waals surface area (Å²) in [6.07, 6.45) is 66.4. The second-order valence-electron chi connectivity index (χ2n) is 19.6. The van der Waals surface area contributed by atoms with Crippen LogP contribution in [-0.2, 0) is 28.6 Å². The summed E-state index contributed by atoms with van der Waals surface area (Å²) in [5.74, 6) is -0.871. The van der Waals surface area contributed by atoms with Gasteiger partial charge in [0.1, 0.15) is 13.2 Å². The zero-order valence-electron chi connectivity index (χ0n) is 44.2. The fourth-order valence-corrected chi connectivity index (χ4v) is 8.51. The molecule has 0 aliphatic carbocycles. The first-order chi connectivity index (χ1) is 32.5. The topological polar surface area (TPSA) is 78.9 Å². The van der Waals surface area contributed by atoms with E-state index in [2.05, 4.69) is 57.2 Å². The van der Waals surface area contributed by atoms with E-state index in [9.17, 15) is 14.4 Å². The highest BCUT2D eigenvalue weighted by Gasteiger charge is 2.19. The third kappa shape index (κ3) is 52.6. The van der Waals surface area contributed by atoms with Crippen molar-refractivity contribution in [2.24, 2.45) is 0 Å². The van der Waals surface area contributed by atoms with E-state index in [1.807, 2.05) is 0 Å². The monoisotopic (exact) mass is 927 g/mol. The van der Waals surface area contributed by atoms with Crippen molar-refractivity contribution < 1.29 is 28.6 Å². The quantitative estimate of drug-likeness (QED) is 0.0262. The third-order valence-electron chi connectivity index (χ3n) is 12.9. The normalized spacial score (nSPS) is 12.2. The van der Waals surface area contributed by atoms with E-state index >= 15 is 0 Å². The van der Waals surface area contributed by atoms with Crippen LogP contribution in [0.15, 0.2) is 36.5 Å². The predicted octanol–water partition coefficient (Wildman–Crippen LogP) is 19.3. The molecule has 1 atom stereocenters. The highest BCUT2D eigenvalue weighted by molar-refractivity contribution is 5.71. The molecule has 0 aromatic carbocycles. The van der Waals surface area contributed by atoms with Crippen molar-refractivity contribution in [3.63, 3.8) is 0 Å². The van der Waals surface area contributed by atoms with Gasteiger partial charge in [-0.1, -0.05) is 269 Å². The number of carbonyl (C=O) groups excluding carboxylic acids is 3. The first-order valence-electron chi connectivity index (χ1n) is 29.0. The molecule has 66 heavy (non-hydrogen) atoms. The van der Waals surface area contributed by atoms with Crippen molar-refractivity contribution in [1.82, 2.24) is 0 Å². The van der Waals surface area contributed by atoms with Crippen LogP contribution in [0.4, 0.5) is 0 Å². The fraction of sp³-hybridized carbons (Fsp3) is 0.850. The Bertz CT molecular complexity index is 1110. The van der Waals surface area contributed by atoms with Crippen LogP contribution in [0.25, 0.3) is 0 Å². The summed E-state index contributed by atoms with van der Waals surface area (Å²) < 4.78 is 16.7. The van der Waals surface area contributed by atoms with Gasteiger partial charge in [0.25, 0.3) is 0 Å². The van der Waals surface area contributed by atoms with Crippen LogP contribution in [0.1, 0.15) is 310 Å². The van der Waals surface area contributed by atoms with E-state index in [0.29, 0.717) is 19.3 Å². The van der Waals surface area contributed by atoms with Gasteiger partial charge in [-0.15, -0.1) is 0 Å². The van der Waals surface area contributed by atoms with Gasteiger partial charge in [0.15, 0.2) is 6.10 Å². The minimum atomic E-state index is -0.761. The van der Waals surface area contributed by atoms with E-state index in [4.69, 9.17) is 14.2 Å². The van der Waals surface area contributed by atoms with Gasteiger partial charge in [-0.25, -0.2) is 0 Å². The lowest BCUT2D eigenvalue weighted by Crippen LogP contribution is -2.30. The molecule has 0 aliphatic heterocycles. The number of esters is 3. The lowest BCUT2D eigenvalue weighted by molar-refractivity contribution is -0.167. The van der Waals surface area contributed by atoms with Crippen molar-refractivity contribution in [3.05, 3.63) is 36.5 Å². The Morgan fingerprint density at radius 1 is 0.303 bits per heavy atom. The molecule has 0 rings (SSSR count). The molecule has 1 unspecified atom stereocenters. The molecule has 0 saturated carbocycles. The SMILES string of the molecule is CCCCCCC/C=C\C/C=C\C/C=C\CCCCCCCCCCCCCCCCCCCCC(=O)OCC(COC(=O)CCCCCCC)OC(=O)CCCCCCCCCCCC. The Balaban J connectivity index is 3.84. The maximum absolute atomic E-state index is 12.7. The number of carbonyl (C=O) groups is 3. The van der Waals surface area contributed by atoms with Gasteiger partial charge >= 0.3 is 17.9 Å². The van der Waals surface area contributed by atoms with E-state index in [-0.39, 0.29) is 31.1 Å². The standard InChI is InChI=1S/C60H110O6/c1-4-7-10-13-15-17-19-20-21-22-23-24-25-26-27-28-29-30-31-32-33-34-35-36-37-38-39-40-41-43-44-47-50-53-59(62)65-56-57(55-64-58(61)52-49-46-12-9-6-3)66-60(63)54-51-48-45-42-18-16-14-11-8-5-2/h19-20,22-23,25-26,57H,4-18,21,24,27-56H2,1-3H3/b20-19-,23-22-,26-25-. The van der Waals surface area contributed by atoms with Gasteiger partial charge < -0.3 is 14.2 Å². The Hall–Kier alpha value is -2.37. The molecular formula is C60H110O6. The smallest absolute Gasteiger partial charge is 0.306 e. The van der Waals surface area contributed by atoms with Gasteiger partial charge in [0.2, 0.25) is 0 Å². The van der Waals surface area contributed by atoms with Crippen molar-refractivity contribution in [2.45, 2.75) is 316 Å². The zero-order valence-corrected chi connectivity index (χ0v) is 44.2. The van der Waals surface area contributed by atoms with Crippen molar-refractivity contribution in [2.75, 3.05) is 13.2 Å². The van der Waals surface area contributed by atoms with Crippen LogP contribution >= 0.6 is 0 Å². The summed E-state index contributed by atoms with van der Waals surface area (Å²) in [4.78, 5) is 37.6. The van der Waals surface area contributed by atoms with Crippen LogP contribution in [0, 0.1) is 0 Å². The zero-order chi connectivity index (χ0) is 47.9. The number of rotatable bonds is 53. The number of hydrogen-bond donors (Lipinski definition) is 0.